The molecule has 5 aromatic carbocycles. The molecule has 0 bridgehead atoms. The van der Waals surface area contributed by atoms with Crippen LogP contribution in [0.15, 0.2) is 96.0 Å². The van der Waals surface area contributed by atoms with Gasteiger partial charge < -0.3 is 38.8 Å². The van der Waals surface area contributed by atoms with E-state index in [1.54, 1.807) is 24.0 Å². The summed E-state index contributed by atoms with van der Waals surface area (Å²) in [5.74, 6) is 1.53. The quantitative estimate of drug-likeness (QED) is 0.0594. The van der Waals surface area contributed by atoms with Gasteiger partial charge in [0.25, 0.3) is 11.8 Å². The molecular weight excluding hydrogens is 895 g/mol. The third kappa shape index (κ3) is 10.2. The van der Waals surface area contributed by atoms with Crippen molar-refractivity contribution in [2.24, 2.45) is 4.99 Å². The Morgan fingerprint density at radius 2 is 1.46 bits per heavy atom. The van der Waals surface area contributed by atoms with E-state index >= 15 is 0 Å². The summed E-state index contributed by atoms with van der Waals surface area (Å²) in [6.45, 7) is 13.5. The van der Waals surface area contributed by atoms with E-state index in [0.29, 0.717) is 73.4 Å². The molecule has 0 saturated heterocycles. The molecule has 12 nitrogen and oxygen atoms in total. The number of fused-ring (bicyclic) bond motifs is 8. The van der Waals surface area contributed by atoms with Crippen molar-refractivity contribution >= 4 is 68.1 Å². The van der Waals surface area contributed by atoms with E-state index in [9.17, 15) is 9.59 Å². The fourth-order valence-electron chi connectivity index (χ4n) is 9.68. The number of anilines is 4. The van der Waals surface area contributed by atoms with Crippen molar-refractivity contribution < 1.29 is 33.3 Å². The van der Waals surface area contributed by atoms with E-state index < -0.39 is 0 Å². The summed E-state index contributed by atoms with van der Waals surface area (Å²) in [4.78, 5) is 39.3. The lowest BCUT2D eigenvalue weighted by atomic mass is 10.1. The molecule has 0 fully saturated rings. The molecule has 2 amide bonds. The second-order valence-corrected chi connectivity index (χ2v) is 21.4. The van der Waals surface area contributed by atoms with Crippen LogP contribution >= 0.6 is 21.6 Å². The number of amides is 2. The number of para-hydroxylation sites is 2. The summed E-state index contributed by atoms with van der Waals surface area (Å²) in [5.41, 5.74) is 10.4. The molecule has 68 heavy (non-hydrogen) atoms. The smallest absolute Gasteiger partial charge is 0.261 e. The number of aryl methyl sites for hydroxylation is 1. The Bertz CT molecular complexity index is 2690. The van der Waals surface area contributed by atoms with E-state index in [-0.39, 0.29) is 41.9 Å². The Kier molecular flexibility index (Phi) is 14.6. The molecule has 1 N–H and O–H groups in total. The third-order valence-electron chi connectivity index (χ3n) is 12.8. The topological polar surface area (TPSA) is 114 Å². The predicted octanol–water partition coefficient (Wildman–Crippen LogP) is 10.5. The Labute approximate surface area is 408 Å². The fraction of sp³-hybridized carbons (Fsp3) is 0.389. The number of rotatable bonds is 20. The summed E-state index contributed by atoms with van der Waals surface area (Å²) < 4.78 is 30.9. The highest BCUT2D eigenvalue weighted by Gasteiger charge is 2.38. The van der Waals surface area contributed by atoms with Crippen molar-refractivity contribution in [2.75, 3.05) is 79.4 Å². The number of benzene rings is 5. The highest BCUT2D eigenvalue weighted by Crippen LogP contribution is 2.43. The largest absolute Gasteiger partial charge is 0.493 e. The minimum atomic E-state index is -0.169. The van der Waals surface area contributed by atoms with Crippen LogP contribution in [0.3, 0.4) is 0 Å². The molecule has 0 saturated carbocycles. The average molecular weight is 956 g/mol. The number of methoxy groups -OCH3 is 1. The monoisotopic (exact) mass is 955 g/mol. The first-order valence-electron chi connectivity index (χ1n) is 23.5. The second kappa shape index (κ2) is 20.9. The number of carbonyl (C=O) groups is 2. The number of hydrogen-bond donors (Lipinski definition) is 1. The molecular formula is C54H61N5O7S2. The molecule has 9 rings (SSSR count). The zero-order valence-electron chi connectivity index (χ0n) is 39.8. The van der Waals surface area contributed by atoms with Crippen LogP contribution in [0.25, 0.3) is 0 Å². The number of hydrogen-bond acceptors (Lipinski definition) is 12. The highest BCUT2D eigenvalue weighted by molar-refractivity contribution is 8.77. The first kappa shape index (κ1) is 47.4. The summed E-state index contributed by atoms with van der Waals surface area (Å²) in [6.07, 6.45) is 6.48. The standard InChI is InChI=1S/C54H61N5O7S2/c1-7-17-63-19-20-64-18-16-57(34-54(3,4)68-67-6)40-23-36(32-65-49-28-45-43(21-35(49)2)52(60)58-41(30-55-45)25-38-12-8-10-14-47(38)58)22-37(24-40)33-66-51-29-46-44(27-50(51)62-5)53(61)59-42(31-56-46)26-39-13-9-11-15-48(39)59/h8-15,21-24,27-29,31,41-42,55H,7,16-20,25-26,30,32-34H2,1-6H3/t41-,42-/m0/s1. The summed E-state index contributed by atoms with van der Waals surface area (Å²) in [5, 5.41) is 3.58. The maximum absolute atomic E-state index is 14.1. The zero-order valence-corrected chi connectivity index (χ0v) is 41.5. The van der Waals surface area contributed by atoms with Gasteiger partial charge in [-0.25, -0.2) is 0 Å². The summed E-state index contributed by atoms with van der Waals surface area (Å²) in [6, 6.07) is 30.0. The number of carbonyl (C=O) groups excluding carboxylic acids is 2. The van der Waals surface area contributed by atoms with Crippen molar-refractivity contribution in [2.45, 2.75) is 77.0 Å². The molecule has 0 radical (unpaired) electrons. The molecule has 14 heteroatoms. The van der Waals surface area contributed by atoms with Gasteiger partial charge in [0.1, 0.15) is 19.0 Å². The first-order chi connectivity index (χ1) is 33.0. The van der Waals surface area contributed by atoms with Crippen LogP contribution in [0.5, 0.6) is 17.2 Å². The number of nitrogens with zero attached hydrogens (tertiary/aromatic N) is 4. The third-order valence-corrected chi connectivity index (χ3v) is 15.4. The van der Waals surface area contributed by atoms with Gasteiger partial charge in [0.2, 0.25) is 0 Å². The molecule has 0 aliphatic carbocycles. The Morgan fingerprint density at radius 1 is 0.779 bits per heavy atom. The second-order valence-electron chi connectivity index (χ2n) is 18.3. The predicted molar refractivity (Wildman–Crippen MR) is 277 cm³/mol. The Morgan fingerprint density at radius 3 is 2.18 bits per heavy atom. The van der Waals surface area contributed by atoms with Crippen LogP contribution in [0.4, 0.5) is 28.4 Å². The minimum absolute atomic E-state index is 0.00249. The van der Waals surface area contributed by atoms with Gasteiger partial charge in [-0.2, -0.15) is 0 Å². The fourth-order valence-corrected chi connectivity index (χ4v) is 11.9. The molecule has 0 spiro atoms. The van der Waals surface area contributed by atoms with E-state index in [1.165, 1.54) is 5.56 Å². The lowest BCUT2D eigenvalue weighted by molar-refractivity contribution is 0.0505. The molecule has 0 aromatic heterocycles. The van der Waals surface area contributed by atoms with Gasteiger partial charge in [-0.1, -0.05) is 64.9 Å². The number of ether oxygens (including phenoxy) is 5. The van der Waals surface area contributed by atoms with Crippen molar-refractivity contribution in [1.82, 2.24) is 0 Å². The minimum Gasteiger partial charge on any atom is -0.493 e. The Hall–Kier alpha value is -5.67. The normalized spacial score (nSPS) is 16.7. The Balaban J connectivity index is 0.995. The van der Waals surface area contributed by atoms with Crippen LogP contribution in [-0.4, -0.2) is 94.3 Å². The van der Waals surface area contributed by atoms with E-state index in [0.717, 1.165) is 71.0 Å². The van der Waals surface area contributed by atoms with Crippen LogP contribution in [0.1, 0.15) is 75.7 Å². The van der Waals surface area contributed by atoms with Gasteiger partial charge in [-0.3, -0.25) is 19.5 Å². The maximum Gasteiger partial charge on any atom is 0.261 e. The van der Waals surface area contributed by atoms with E-state index in [4.69, 9.17) is 28.7 Å². The van der Waals surface area contributed by atoms with Crippen LogP contribution in [0, 0.1) is 6.92 Å². The highest BCUT2D eigenvalue weighted by atomic mass is 33.1. The van der Waals surface area contributed by atoms with Crippen LogP contribution in [-0.2, 0) is 35.5 Å². The molecule has 4 aliphatic rings. The van der Waals surface area contributed by atoms with Gasteiger partial charge >= 0.3 is 0 Å². The zero-order chi connectivity index (χ0) is 47.4. The molecule has 0 unspecified atom stereocenters. The maximum atomic E-state index is 14.1. The SMILES string of the molecule is CCCOCCOCCN(CC(C)(C)SSC)c1cc(COc2cc3c(cc2C)C(=O)N2c4ccccc4C[C@H]2CN3)cc(COc2cc3c(cc2OC)C(=O)N2c4ccccc4C[C@H]2C=N3)c1. The molecule has 4 aliphatic heterocycles. The summed E-state index contributed by atoms with van der Waals surface area (Å²) in [7, 11) is 5.20. The van der Waals surface area contributed by atoms with E-state index in [2.05, 4.69) is 67.6 Å². The van der Waals surface area contributed by atoms with Gasteiger partial charge in [-0.15, -0.1) is 0 Å². The van der Waals surface area contributed by atoms with Gasteiger partial charge in [0.15, 0.2) is 11.5 Å². The van der Waals surface area contributed by atoms with Gasteiger partial charge in [-0.05, 0) is 110 Å². The van der Waals surface area contributed by atoms with Crippen LogP contribution < -0.4 is 34.2 Å². The van der Waals surface area contributed by atoms with Crippen molar-refractivity contribution in [1.29, 1.82) is 0 Å². The van der Waals surface area contributed by atoms with Crippen LogP contribution in [0.2, 0.25) is 0 Å². The van der Waals surface area contributed by atoms with Crippen molar-refractivity contribution in [3.63, 3.8) is 0 Å². The molecule has 356 valence electrons. The first-order valence-corrected chi connectivity index (χ1v) is 26.1. The van der Waals surface area contributed by atoms with Crippen molar-refractivity contribution in [3.8, 4) is 17.2 Å². The lowest BCUT2D eigenvalue weighted by Gasteiger charge is -2.34. The number of nitrogens with one attached hydrogen (secondary N) is 1. The van der Waals surface area contributed by atoms with E-state index in [1.807, 2.05) is 88.3 Å². The molecule has 5 aromatic rings. The molecule has 4 heterocycles. The summed E-state index contributed by atoms with van der Waals surface area (Å²) >= 11 is 0. The molecule has 2 atom stereocenters. The van der Waals surface area contributed by atoms with Crippen molar-refractivity contribution in [3.05, 3.63) is 130 Å². The van der Waals surface area contributed by atoms with Gasteiger partial charge in [0.05, 0.1) is 61.5 Å². The average Bonchev–Trinajstić information content (AvgIpc) is 3.83. The lowest BCUT2D eigenvalue weighted by Crippen LogP contribution is -2.39. The number of aliphatic imine (C=N–C) groups is 1. The van der Waals surface area contributed by atoms with Gasteiger partial charge in [0, 0.05) is 72.8 Å².